The molecule has 0 aliphatic heterocycles. The third kappa shape index (κ3) is 2.60. The summed E-state index contributed by atoms with van der Waals surface area (Å²) in [6, 6.07) is 6.37. The van der Waals surface area contributed by atoms with Gasteiger partial charge in [0.1, 0.15) is 11.3 Å². The Hall–Kier alpha value is -2.37. The molecule has 0 atom stereocenters. The number of carbonyl (C=O) groups is 1. The Morgan fingerprint density at radius 3 is 2.88 bits per heavy atom. The van der Waals surface area contributed by atoms with Crippen LogP contribution < -0.4 is 4.74 Å². The van der Waals surface area contributed by atoms with Crippen molar-refractivity contribution < 1.29 is 19.2 Å². The lowest BCUT2D eigenvalue weighted by molar-refractivity contribution is 0.0691. The van der Waals surface area contributed by atoms with E-state index in [1.165, 1.54) is 6.07 Å². The van der Waals surface area contributed by atoms with Gasteiger partial charge in [-0.3, -0.25) is 0 Å². The highest BCUT2D eigenvalue weighted by molar-refractivity contribution is 5.90. The van der Waals surface area contributed by atoms with Crippen molar-refractivity contribution in [2.75, 3.05) is 0 Å². The van der Waals surface area contributed by atoms with E-state index in [1.54, 1.807) is 25.1 Å². The van der Waals surface area contributed by atoms with Crippen molar-refractivity contribution in [1.29, 1.82) is 0 Å². The fraction of sp³-hybridized carbons (Fsp3) is 0.182. The molecule has 6 heteroatoms. The van der Waals surface area contributed by atoms with Crippen LogP contribution in [0.5, 0.6) is 5.75 Å². The van der Waals surface area contributed by atoms with Crippen LogP contribution in [-0.4, -0.2) is 21.2 Å². The monoisotopic (exact) mass is 234 g/mol. The van der Waals surface area contributed by atoms with Gasteiger partial charge in [-0.05, 0) is 19.1 Å². The maximum atomic E-state index is 10.9. The van der Waals surface area contributed by atoms with Crippen molar-refractivity contribution in [2.45, 2.75) is 13.5 Å². The minimum atomic E-state index is -1.04. The predicted molar refractivity (Wildman–Crippen MR) is 56.8 cm³/mol. The first-order valence-electron chi connectivity index (χ1n) is 4.91. The quantitative estimate of drug-likeness (QED) is 0.865. The third-order valence-corrected chi connectivity index (χ3v) is 2.04. The van der Waals surface area contributed by atoms with Crippen molar-refractivity contribution in [2.24, 2.45) is 0 Å². The van der Waals surface area contributed by atoms with E-state index in [2.05, 4.69) is 10.1 Å². The van der Waals surface area contributed by atoms with E-state index in [0.717, 1.165) is 0 Å². The summed E-state index contributed by atoms with van der Waals surface area (Å²) in [5.74, 6) is 0.0518. The second-order valence-electron chi connectivity index (χ2n) is 3.33. The summed E-state index contributed by atoms with van der Waals surface area (Å²) in [7, 11) is 0. The van der Waals surface area contributed by atoms with Crippen molar-refractivity contribution in [3.05, 3.63) is 41.5 Å². The molecule has 0 bridgehead atoms. The van der Waals surface area contributed by atoms with E-state index >= 15 is 0 Å². The molecule has 1 aromatic carbocycles. The predicted octanol–water partition coefficient (Wildman–Crippen LogP) is 1.66. The number of para-hydroxylation sites is 1. The van der Waals surface area contributed by atoms with Crippen LogP contribution in [0.25, 0.3) is 0 Å². The topological polar surface area (TPSA) is 85.5 Å². The van der Waals surface area contributed by atoms with Crippen molar-refractivity contribution in [3.8, 4) is 5.75 Å². The zero-order valence-corrected chi connectivity index (χ0v) is 9.08. The van der Waals surface area contributed by atoms with Gasteiger partial charge in [-0.25, -0.2) is 4.79 Å². The number of aryl methyl sites for hydroxylation is 1. The van der Waals surface area contributed by atoms with Crippen molar-refractivity contribution in [3.63, 3.8) is 0 Å². The molecule has 0 radical (unpaired) electrons. The lowest BCUT2D eigenvalue weighted by Gasteiger charge is -2.05. The highest BCUT2D eigenvalue weighted by Gasteiger charge is 2.11. The van der Waals surface area contributed by atoms with Gasteiger partial charge in [0, 0.05) is 0 Å². The maximum Gasteiger partial charge on any atom is 0.339 e. The van der Waals surface area contributed by atoms with Crippen LogP contribution in [0.4, 0.5) is 0 Å². The molecule has 6 nitrogen and oxygen atoms in total. The molecule has 0 fully saturated rings. The highest BCUT2D eigenvalue weighted by atomic mass is 16.5. The number of aromatic nitrogens is 2. The van der Waals surface area contributed by atoms with Gasteiger partial charge in [-0.15, -0.1) is 0 Å². The molecule has 1 heterocycles. The van der Waals surface area contributed by atoms with Gasteiger partial charge in [0.2, 0.25) is 0 Å². The van der Waals surface area contributed by atoms with E-state index in [-0.39, 0.29) is 17.9 Å². The average molecular weight is 234 g/mol. The minimum Gasteiger partial charge on any atom is -0.483 e. The molecule has 0 saturated heterocycles. The SMILES string of the molecule is Cc1noc(COc2ccccc2C(=O)O)n1. The number of carboxylic acid groups (broad SMARTS) is 1. The number of aromatic carboxylic acids is 1. The van der Waals surface area contributed by atoms with Gasteiger partial charge in [0.15, 0.2) is 12.4 Å². The van der Waals surface area contributed by atoms with Crippen LogP contribution in [0.3, 0.4) is 0 Å². The number of benzene rings is 1. The van der Waals surface area contributed by atoms with E-state index in [9.17, 15) is 4.79 Å². The molecule has 2 rings (SSSR count). The average Bonchev–Trinajstić information content (AvgIpc) is 2.73. The fourth-order valence-electron chi connectivity index (χ4n) is 1.31. The number of hydrogen-bond acceptors (Lipinski definition) is 5. The number of nitrogens with zero attached hydrogens (tertiary/aromatic N) is 2. The molecule has 2 aromatic rings. The van der Waals surface area contributed by atoms with E-state index < -0.39 is 5.97 Å². The molecule has 17 heavy (non-hydrogen) atoms. The molecule has 0 unspecified atom stereocenters. The Balaban J connectivity index is 2.11. The molecule has 1 N–H and O–H groups in total. The lowest BCUT2D eigenvalue weighted by Crippen LogP contribution is -2.03. The molecule has 1 aromatic heterocycles. The van der Waals surface area contributed by atoms with Crippen molar-refractivity contribution >= 4 is 5.97 Å². The number of rotatable bonds is 4. The largest absolute Gasteiger partial charge is 0.483 e. The summed E-state index contributed by atoms with van der Waals surface area (Å²) < 4.78 is 10.2. The summed E-state index contributed by atoms with van der Waals surface area (Å²) >= 11 is 0. The number of carboxylic acids is 1. The smallest absolute Gasteiger partial charge is 0.339 e. The Morgan fingerprint density at radius 2 is 2.24 bits per heavy atom. The summed E-state index contributed by atoms with van der Waals surface area (Å²) in [4.78, 5) is 14.9. The maximum absolute atomic E-state index is 10.9. The van der Waals surface area contributed by atoms with Gasteiger partial charge >= 0.3 is 5.97 Å². The second kappa shape index (κ2) is 4.65. The number of hydrogen-bond donors (Lipinski definition) is 1. The van der Waals surface area contributed by atoms with Gasteiger partial charge in [0.05, 0.1) is 0 Å². The van der Waals surface area contributed by atoms with Crippen molar-refractivity contribution in [1.82, 2.24) is 10.1 Å². The second-order valence-corrected chi connectivity index (χ2v) is 3.33. The molecule has 88 valence electrons. The number of ether oxygens (including phenoxy) is 1. The fourth-order valence-corrected chi connectivity index (χ4v) is 1.31. The lowest BCUT2D eigenvalue weighted by atomic mass is 10.2. The first kappa shape index (κ1) is 11.1. The van der Waals surface area contributed by atoms with Gasteiger partial charge in [-0.1, -0.05) is 17.3 Å². The van der Waals surface area contributed by atoms with Crippen LogP contribution in [0, 0.1) is 6.92 Å². The van der Waals surface area contributed by atoms with Gasteiger partial charge in [-0.2, -0.15) is 4.98 Å². The van der Waals surface area contributed by atoms with E-state index in [1.807, 2.05) is 0 Å². The molecule has 0 aliphatic rings. The molecular weight excluding hydrogens is 224 g/mol. The van der Waals surface area contributed by atoms with Crippen LogP contribution in [-0.2, 0) is 6.61 Å². The van der Waals surface area contributed by atoms with E-state index in [0.29, 0.717) is 11.7 Å². The Bertz CT molecular complexity index is 536. The Labute approximate surface area is 96.8 Å². The summed E-state index contributed by atoms with van der Waals surface area (Å²) in [6.07, 6.45) is 0. The normalized spacial score (nSPS) is 10.2. The summed E-state index contributed by atoms with van der Waals surface area (Å²) in [5.41, 5.74) is 0.101. The van der Waals surface area contributed by atoms with Crippen LogP contribution in [0.2, 0.25) is 0 Å². The minimum absolute atomic E-state index is 0.0468. The Morgan fingerprint density at radius 1 is 1.47 bits per heavy atom. The zero-order chi connectivity index (χ0) is 12.3. The van der Waals surface area contributed by atoms with Crippen LogP contribution in [0.1, 0.15) is 22.1 Å². The van der Waals surface area contributed by atoms with Gasteiger partial charge in [0.25, 0.3) is 5.89 Å². The van der Waals surface area contributed by atoms with E-state index in [4.69, 9.17) is 14.4 Å². The van der Waals surface area contributed by atoms with Gasteiger partial charge < -0.3 is 14.4 Å². The molecule has 0 saturated carbocycles. The Kier molecular flexibility index (Phi) is 3.04. The first-order valence-corrected chi connectivity index (χ1v) is 4.91. The molecular formula is C11H10N2O4. The zero-order valence-electron chi connectivity index (χ0n) is 9.08. The van der Waals surface area contributed by atoms with Crippen LogP contribution >= 0.6 is 0 Å². The summed E-state index contributed by atoms with van der Waals surface area (Å²) in [5, 5.41) is 12.5. The highest BCUT2D eigenvalue weighted by Crippen LogP contribution is 2.18. The standard InChI is InChI=1S/C11H10N2O4/c1-7-12-10(17-13-7)6-16-9-5-3-2-4-8(9)11(14)15/h2-5H,6H2,1H3,(H,14,15). The molecule has 0 aliphatic carbocycles. The third-order valence-electron chi connectivity index (χ3n) is 2.04. The molecule has 0 amide bonds. The van der Waals surface area contributed by atoms with Crippen LogP contribution in [0.15, 0.2) is 28.8 Å². The first-order chi connectivity index (χ1) is 8.16. The summed E-state index contributed by atoms with van der Waals surface area (Å²) in [6.45, 7) is 1.74. The molecule has 0 spiro atoms.